The summed E-state index contributed by atoms with van der Waals surface area (Å²) < 4.78 is 55.8. The summed E-state index contributed by atoms with van der Waals surface area (Å²) in [6.45, 7) is 0. The highest BCUT2D eigenvalue weighted by Gasteiger charge is 2.41. The molecule has 0 amide bonds. The summed E-state index contributed by atoms with van der Waals surface area (Å²) in [5.41, 5.74) is 4.82. The van der Waals surface area contributed by atoms with Gasteiger partial charge in [0.25, 0.3) is 5.78 Å². The average Bonchev–Trinajstić information content (AvgIpc) is 1.95. The molecule has 2 N–H and O–H groups in total. The molecule has 0 spiro atoms. The molecule has 0 aromatic carbocycles. The largest absolute Gasteiger partial charge is 0.451 e. The van der Waals surface area contributed by atoms with Crippen LogP contribution in [0.3, 0.4) is 0 Å². The second-order valence-corrected chi connectivity index (χ2v) is 5.40. The van der Waals surface area contributed by atoms with Gasteiger partial charge in [-0.05, 0) is 6.42 Å². The molecule has 0 aliphatic rings. The van der Waals surface area contributed by atoms with Crippen LogP contribution >= 0.6 is 10.7 Å². The number of hydrogen-bond donors (Lipinski definition) is 1. The van der Waals surface area contributed by atoms with Crippen molar-refractivity contribution in [3.05, 3.63) is 0 Å². The van der Waals surface area contributed by atoms with Gasteiger partial charge in [-0.15, -0.1) is 0 Å². The highest BCUT2D eigenvalue weighted by molar-refractivity contribution is 8.13. The average molecular weight is 254 g/mol. The van der Waals surface area contributed by atoms with Crippen molar-refractivity contribution in [3.8, 4) is 0 Å². The zero-order chi connectivity index (χ0) is 11.6. The van der Waals surface area contributed by atoms with Crippen molar-refractivity contribution in [2.45, 2.75) is 18.6 Å². The molecule has 1 atom stereocenters. The number of nitrogens with two attached hydrogens (primary N) is 1. The third kappa shape index (κ3) is 5.40. The first kappa shape index (κ1) is 13.7. The number of alkyl halides is 3. The van der Waals surface area contributed by atoms with Gasteiger partial charge in [0.2, 0.25) is 9.05 Å². The maximum Gasteiger partial charge on any atom is 0.451 e. The van der Waals surface area contributed by atoms with E-state index in [0.717, 1.165) is 0 Å². The van der Waals surface area contributed by atoms with Gasteiger partial charge in [-0.2, -0.15) is 13.2 Å². The molecule has 0 saturated carbocycles. The first-order valence-electron chi connectivity index (χ1n) is 3.33. The molecule has 14 heavy (non-hydrogen) atoms. The van der Waals surface area contributed by atoms with Crippen molar-refractivity contribution < 1.29 is 26.4 Å². The second-order valence-electron chi connectivity index (χ2n) is 2.50. The van der Waals surface area contributed by atoms with E-state index >= 15 is 0 Å². The van der Waals surface area contributed by atoms with E-state index in [2.05, 4.69) is 0 Å². The predicted molar refractivity (Wildman–Crippen MR) is 43.3 cm³/mol. The van der Waals surface area contributed by atoms with E-state index in [9.17, 15) is 26.4 Å². The van der Waals surface area contributed by atoms with E-state index in [0.29, 0.717) is 0 Å². The van der Waals surface area contributed by atoms with Crippen molar-refractivity contribution >= 4 is 25.5 Å². The normalized spacial score (nSPS) is 15.2. The van der Waals surface area contributed by atoms with Crippen LogP contribution in [0, 0.1) is 0 Å². The Kier molecular flexibility index (Phi) is 4.34. The number of carbonyl (C=O) groups excluding carboxylic acids is 1. The molecular formula is C5H7ClF3NO3S. The molecule has 0 aromatic heterocycles. The molecule has 0 fully saturated rings. The number of ketones is 1. The molecular weight excluding hydrogens is 247 g/mol. The van der Waals surface area contributed by atoms with Gasteiger partial charge < -0.3 is 5.73 Å². The minimum Gasteiger partial charge on any atom is -0.321 e. The Hall–Kier alpha value is -0.340. The summed E-state index contributed by atoms with van der Waals surface area (Å²) in [4.78, 5) is 10.4. The maximum absolute atomic E-state index is 11.7. The zero-order valence-electron chi connectivity index (χ0n) is 6.71. The smallest absolute Gasteiger partial charge is 0.321 e. The van der Waals surface area contributed by atoms with Gasteiger partial charge in [-0.3, -0.25) is 4.79 Å². The van der Waals surface area contributed by atoms with Crippen LogP contribution in [0.1, 0.15) is 6.42 Å². The molecule has 84 valence electrons. The Morgan fingerprint density at radius 3 is 2.14 bits per heavy atom. The van der Waals surface area contributed by atoms with Crippen LogP contribution in [0.15, 0.2) is 0 Å². The van der Waals surface area contributed by atoms with Crippen LogP contribution in [0.5, 0.6) is 0 Å². The van der Waals surface area contributed by atoms with E-state index in [4.69, 9.17) is 16.4 Å². The van der Waals surface area contributed by atoms with E-state index in [1.165, 1.54) is 0 Å². The summed E-state index contributed by atoms with van der Waals surface area (Å²) in [6.07, 6.45) is -5.69. The minimum absolute atomic E-state index is 0.649. The van der Waals surface area contributed by atoms with Gasteiger partial charge >= 0.3 is 6.18 Å². The summed E-state index contributed by atoms with van der Waals surface area (Å²) in [5.74, 6) is -2.92. The predicted octanol–water partition coefficient (Wildman–Crippen LogP) is 0.404. The van der Waals surface area contributed by atoms with Gasteiger partial charge in [0.05, 0.1) is 11.8 Å². The highest BCUT2D eigenvalue weighted by atomic mass is 35.7. The standard InChI is InChI=1S/C5H7ClF3NO3S/c6-14(12,13)2-1-3(10)4(11)5(7,8)9/h3H,1-2,10H2. The Morgan fingerprint density at radius 2 is 1.86 bits per heavy atom. The Bertz CT molecular complexity index is 313. The van der Waals surface area contributed by atoms with Crippen LogP contribution in [0.4, 0.5) is 13.2 Å². The molecule has 0 radical (unpaired) electrons. The van der Waals surface area contributed by atoms with Gasteiger partial charge in [0, 0.05) is 10.7 Å². The van der Waals surface area contributed by atoms with E-state index in [-0.39, 0.29) is 0 Å². The SMILES string of the molecule is NC(CCS(=O)(=O)Cl)C(=O)C(F)(F)F. The zero-order valence-corrected chi connectivity index (χ0v) is 8.29. The maximum atomic E-state index is 11.7. The fourth-order valence-corrected chi connectivity index (χ4v) is 1.41. The molecule has 0 bridgehead atoms. The third-order valence-corrected chi connectivity index (χ3v) is 2.48. The number of carbonyl (C=O) groups is 1. The number of hydrogen-bond acceptors (Lipinski definition) is 4. The fraction of sp³-hybridized carbons (Fsp3) is 0.800. The van der Waals surface area contributed by atoms with Crippen molar-refractivity contribution in [2.24, 2.45) is 5.73 Å². The first-order chi connectivity index (χ1) is 6.04. The lowest BCUT2D eigenvalue weighted by atomic mass is 10.1. The van der Waals surface area contributed by atoms with Crippen molar-refractivity contribution in [1.29, 1.82) is 0 Å². The quantitative estimate of drug-likeness (QED) is 0.736. The van der Waals surface area contributed by atoms with Gasteiger partial charge in [0.1, 0.15) is 0 Å². The van der Waals surface area contributed by atoms with Crippen LogP contribution in [-0.4, -0.2) is 32.2 Å². The topological polar surface area (TPSA) is 77.2 Å². The monoisotopic (exact) mass is 253 g/mol. The van der Waals surface area contributed by atoms with Gasteiger partial charge in [-0.25, -0.2) is 8.42 Å². The molecule has 0 aromatic rings. The number of rotatable bonds is 4. The lowest BCUT2D eigenvalue weighted by Gasteiger charge is -2.11. The lowest BCUT2D eigenvalue weighted by molar-refractivity contribution is -0.172. The molecule has 0 aliphatic carbocycles. The van der Waals surface area contributed by atoms with Crippen molar-refractivity contribution in [2.75, 3.05) is 5.75 Å². The van der Waals surface area contributed by atoms with Crippen LogP contribution in [-0.2, 0) is 13.8 Å². The number of Topliss-reactive ketones (excluding diaryl/α,β-unsaturated/α-hetero) is 1. The molecule has 1 unspecified atom stereocenters. The minimum atomic E-state index is -5.05. The molecule has 0 saturated heterocycles. The van der Waals surface area contributed by atoms with Gasteiger partial charge in [-0.1, -0.05) is 0 Å². The first-order valence-corrected chi connectivity index (χ1v) is 5.81. The second kappa shape index (κ2) is 4.45. The Morgan fingerprint density at radius 1 is 1.43 bits per heavy atom. The van der Waals surface area contributed by atoms with E-state index < -0.39 is 39.2 Å². The molecule has 0 rings (SSSR count). The Labute approximate surface area is 82.6 Å². The van der Waals surface area contributed by atoms with Crippen molar-refractivity contribution in [1.82, 2.24) is 0 Å². The van der Waals surface area contributed by atoms with Crippen LogP contribution in [0.25, 0.3) is 0 Å². The molecule has 9 heteroatoms. The highest BCUT2D eigenvalue weighted by Crippen LogP contribution is 2.18. The molecule has 0 aliphatic heterocycles. The summed E-state index contributed by atoms with van der Waals surface area (Å²) in [6, 6.07) is -1.89. The van der Waals surface area contributed by atoms with Gasteiger partial charge in [0.15, 0.2) is 0 Å². The van der Waals surface area contributed by atoms with E-state index in [1.54, 1.807) is 0 Å². The summed E-state index contributed by atoms with van der Waals surface area (Å²) >= 11 is 0. The fourth-order valence-electron chi connectivity index (χ4n) is 0.609. The number of halogens is 4. The van der Waals surface area contributed by atoms with E-state index in [1.807, 2.05) is 0 Å². The Balaban J connectivity index is 4.24. The molecule has 0 heterocycles. The molecule has 4 nitrogen and oxygen atoms in total. The lowest BCUT2D eigenvalue weighted by Crippen LogP contribution is -2.41. The van der Waals surface area contributed by atoms with Crippen LogP contribution in [0.2, 0.25) is 0 Å². The summed E-state index contributed by atoms with van der Waals surface area (Å²) in [7, 11) is 0.795. The van der Waals surface area contributed by atoms with Crippen LogP contribution < -0.4 is 5.73 Å². The summed E-state index contributed by atoms with van der Waals surface area (Å²) in [5, 5.41) is 0. The third-order valence-electron chi connectivity index (χ3n) is 1.29. The van der Waals surface area contributed by atoms with Crippen molar-refractivity contribution in [3.63, 3.8) is 0 Å².